The van der Waals surface area contributed by atoms with Gasteiger partial charge in [-0.1, -0.05) is 42.5 Å². The number of hydrogen-bond acceptors (Lipinski definition) is 7. The second kappa shape index (κ2) is 14.4. The van der Waals surface area contributed by atoms with Crippen molar-refractivity contribution in [1.82, 2.24) is 5.32 Å². The number of nitrogens with one attached hydrogen (secondary N) is 1. The van der Waals surface area contributed by atoms with Gasteiger partial charge < -0.3 is 29.7 Å². The summed E-state index contributed by atoms with van der Waals surface area (Å²) in [5.74, 6) is 0.702. The predicted octanol–water partition coefficient (Wildman–Crippen LogP) is 3.74. The van der Waals surface area contributed by atoms with Crippen molar-refractivity contribution in [2.45, 2.75) is 39.1 Å². The number of methoxy groups -OCH3 is 1. The van der Waals surface area contributed by atoms with E-state index in [9.17, 15) is 15.0 Å². The Morgan fingerprint density at radius 1 is 0.972 bits per heavy atom. The molecule has 0 aliphatic rings. The summed E-state index contributed by atoms with van der Waals surface area (Å²) in [6.07, 6.45) is 0.925. The van der Waals surface area contributed by atoms with Gasteiger partial charge in [0, 0.05) is 19.0 Å². The first-order valence-electron chi connectivity index (χ1n) is 12.1. The fourth-order valence-corrected chi connectivity index (χ4v) is 3.82. The predicted molar refractivity (Wildman–Crippen MR) is 138 cm³/mol. The van der Waals surface area contributed by atoms with E-state index >= 15 is 0 Å². The number of carbonyl (C=O) groups excluding carboxylic acids is 1. The van der Waals surface area contributed by atoms with Crippen LogP contribution < -0.4 is 14.8 Å². The van der Waals surface area contributed by atoms with E-state index in [0.29, 0.717) is 43.2 Å². The van der Waals surface area contributed by atoms with Crippen LogP contribution in [0.4, 0.5) is 0 Å². The third kappa shape index (κ3) is 8.77. The normalized spacial score (nSPS) is 11.8. The zero-order valence-electron chi connectivity index (χ0n) is 20.9. The molecule has 7 heteroatoms. The summed E-state index contributed by atoms with van der Waals surface area (Å²) in [7, 11) is 1.66. The number of rotatable bonds is 14. The number of carbonyl (C=O) groups is 1. The van der Waals surface area contributed by atoms with E-state index in [4.69, 9.17) is 14.2 Å². The molecule has 7 nitrogen and oxygen atoms in total. The Morgan fingerprint density at radius 3 is 2.47 bits per heavy atom. The fraction of sp³-hybridized carbons (Fsp3) is 0.345. The SMILES string of the molecule is COc1ccc(CCOCc2cccc(CCNC[C@H](O)c3ccc(OC(C)=O)c(CO)c3)c2)cc1. The average molecular weight is 494 g/mol. The topological polar surface area (TPSA) is 97.3 Å². The first kappa shape index (κ1) is 27.4. The Balaban J connectivity index is 1.39. The molecule has 0 bridgehead atoms. The number of hydrogen-bond donors (Lipinski definition) is 3. The maximum atomic E-state index is 11.2. The molecule has 0 spiro atoms. The molecule has 0 fully saturated rings. The van der Waals surface area contributed by atoms with Gasteiger partial charge in [-0.15, -0.1) is 0 Å². The average Bonchev–Trinajstić information content (AvgIpc) is 2.89. The maximum absolute atomic E-state index is 11.2. The largest absolute Gasteiger partial charge is 0.497 e. The third-order valence-electron chi connectivity index (χ3n) is 5.78. The molecule has 192 valence electrons. The lowest BCUT2D eigenvalue weighted by Gasteiger charge is -2.15. The molecule has 3 aromatic carbocycles. The minimum Gasteiger partial charge on any atom is -0.497 e. The number of aliphatic hydroxyl groups is 2. The molecule has 0 saturated carbocycles. The molecule has 0 aromatic heterocycles. The van der Waals surface area contributed by atoms with E-state index in [0.717, 1.165) is 24.2 Å². The molecule has 0 aliphatic carbocycles. The van der Waals surface area contributed by atoms with Gasteiger partial charge in [-0.3, -0.25) is 4.79 Å². The zero-order chi connectivity index (χ0) is 25.8. The van der Waals surface area contributed by atoms with Crippen LogP contribution in [0.25, 0.3) is 0 Å². The van der Waals surface area contributed by atoms with E-state index < -0.39 is 12.1 Å². The van der Waals surface area contributed by atoms with Gasteiger partial charge in [0.05, 0.1) is 33.0 Å². The van der Waals surface area contributed by atoms with Crippen LogP contribution in [-0.2, 0) is 35.6 Å². The zero-order valence-corrected chi connectivity index (χ0v) is 20.9. The smallest absolute Gasteiger partial charge is 0.308 e. The molecule has 0 unspecified atom stereocenters. The van der Waals surface area contributed by atoms with Crippen LogP contribution in [0, 0.1) is 0 Å². The first-order valence-corrected chi connectivity index (χ1v) is 12.1. The molecule has 0 heterocycles. The molecular formula is C29H35NO6. The molecule has 0 radical (unpaired) electrons. The lowest BCUT2D eigenvalue weighted by molar-refractivity contribution is -0.131. The lowest BCUT2D eigenvalue weighted by Crippen LogP contribution is -2.24. The van der Waals surface area contributed by atoms with Gasteiger partial charge in [-0.25, -0.2) is 0 Å². The van der Waals surface area contributed by atoms with Crippen molar-refractivity contribution in [3.63, 3.8) is 0 Å². The van der Waals surface area contributed by atoms with Crippen molar-refractivity contribution < 1.29 is 29.2 Å². The van der Waals surface area contributed by atoms with Gasteiger partial charge in [0.2, 0.25) is 0 Å². The van der Waals surface area contributed by atoms with E-state index in [1.807, 2.05) is 18.2 Å². The number of aliphatic hydroxyl groups excluding tert-OH is 2. The molecule has 0 amide bonds. The molecule has 3 aromatic rings. The summed E-state index contributed by atoms with van der Waals surface area (Å²) in [5.41, 5.74) is 4.65. The van der Waals surface area contributed by atoms with Crippen molar-refractivity contribution >= 4 is 5.97 Å². The Kier molecular flexibility index (Phi) is 10.9. The third-order valence-corrected chi connectivity index (χ3v) is 5.78. The van der Waals surface area contributed by atoms with Gasteiger partial charge in [0.15, 0.2) is 0 Å². The number of esters is 1. The highest BCUT2D eigenvalue weighted by molar-refractivity contribution is 5.69. The van der Waals surface area contributed by atoms with Crippen molar-refractivity contribution in [2.24, 2.45) is 0 Å². The Hall–Kier alpha value is -3.23. The van der Waals surface area contributed by atoms with Crippen LogP contribution >= 0.6 is 0 Å². The summed E-state index contributed by atoms with van der Waals surface area (Å²) < 4.78 is 16.1. The highest BCUT2D eigenvalue weighted by Gasteiger charge is 2.12. The van der Waals surface area contributed by atoms with Crippen LogP contribution in [0.2, 0.25) is 0 Å². The standard InChI is InChI=1S/C29H35NO6/c1-21(32)36-29-11-8-25(17-26(29)19-31)28(33)18-30-14-12-23-4-3-5-24(16-23)20-35-15-13-22-6-9-27(34-2)10-7-22/h3-11,16-17,28,30-31,33H,12-15,18-20H2,1-2H3/t28-/m0/s1. The van der Waals surface area contributed by atoms with Gasteiger partial charge >= 0.3 is 5.97 Å². The molecule has 36 heavy (non-hydrogen) atoms. The monoisotopic (exact) mass is 493 g/mol. The van der Waals surface area contributed by atoms with Gasteiger partial charge in [-0.2, -0.15) is 0 Å². The van der Waals surface area contributed by atoms with Gasteiger partial charge in [0.1, 0.15) is 11.5 Å². The Labute approximate surface area is 212 Å². The summed E-state index contributed by atoms with van der Waals surface area (Å²) in [6, 6.07) is 21.3. The van der Waals surface area contributed by atoms with Gasteiger partial charge in [0.25, 0.3) is 0 Å². The van der Waals surface area contributed by atoms with Crippen LogP contribution in [0.15, 0.2) is 66.7 Å². The molecular weight excluding hydrogens is 458 g/mol. The second-order valence-electron chi connectivity index (χ2n) is 8.56. The van der Waals surface area contributed by atoms with E-state index in [-0.39, 0.29) is 6.61 Å². The Morgan fingerprint density at radius 2 is 1.75 bits per heavy atom. The van der Waals surface area contributed by atoms with Crippen molar-refractivity contribution in [2.75, 3.05) is 26.8 Å². The molecule has 0 aliphatic heterocycles. The number of benzene rings is 3. The highest BCUT2D eigenvalue weighted by atomic mass is 16.5. The van der Waals surface area contributed by atoms with Crippen molar-refractivity contribution in [3.05, 3.63) is 94.5 Å². The summed E-state index contributed by atoms with van der Waals surface area (Å²) in [4.78, 5) is 11.2. The molecule has 3 rings (SSSR count). The number of ether oxygens (including phenoxy) is 3. The van der Waals surface area contributed by atoms with E-state index in [1.165, 1.54) is 18.1 Å². The molecule has 3 N–H and O–H groups in total. The first-order chi connectivity index (χ1) is 17.5. The fourth-order valence-electron chi connectivity index (χ4n) is 3.82. The van der Waals surface area contributed by atoms with Crippen molar-refractivity contribution in [3.8, 4) is 11.5 Å². The van der Waals surface area contributed by atoms with E-state index in [2.05, 4.69) is 35.6 Å². The minimum absolute atomic E-state index is 0.280. The maximum Gasteiger partial charge on any atom is 0.308 e. The van der Waals surface area contributed by atoms with Crippen LogP contribution in [-0.4, -0.2) is 43.0 Å². The summed E-state index contributed by atoms with van der Waals surface area (Å²) >= 11 is 0. The van der Waals surface area contributed by atoms with Crippen LogP contribution in [0.1, 0.15) is 40.8 Å². The summed E-state index contributed by atoms with van der Waals surface area (Å²) in [6.45, 7) is 3.31. The second-order valence-corrected chi connectivity index (χ2v) is 8.56. The lowest BCUT2D eigenvalue weighted by atomic mass is 10.0. The molecule has 0 saturated heterocycles. The van der Waals surface area contributed by atoms with Crippen LogP contribution in [0.5, 0.6) is 11.5 Å². The van der Waals surface area contributed by atoms with Crippen LogP contribution in [0.3, 0.4) is 0 Å². The van der Waals surface area contributed by atoms with Crippen molar-refractivity contribution in [1.29, 1.82) is 0 Å². The van der Waals surface area contributed by atoms with Gasteiger partial charge in [-0.05, 0) is 65.9 Å². The quantitative estimate of drug-likeness (QED) is 0.179. The van der Waals surface area contributed by atoms with E-state index in [1.54, 1.807) is 25.3 Å². The summed E-state index contributed by atoms with van der Waals surface area (Å²) in [5, 5.41) is 23.3. The Bertz CT molecular complexity index is 1100. The molecule has 1 atom stereocenters. The minimum atomic E-state index is -0.743. The highest BCUT2D eigenvalue weighted by Crippen LogP contribution is 2.24.